The van der Waals surface area contributed by atoms with Crippen molar-refractivity contribution in [2.45, 2.75) is 6.42 Å². The minimum Gasteiger partial charge on any atom is -0.370 e. The average molecular weight is 115 g/mol. The Morgan fingerprint density at radius 3 is 2.75 bits per heavy atom. The van der Waals surface area contributed by atoms with Crippen LogP contribution < -0.4 is 11.1 Å². The molecule has 0 aromatic heterocycles. The van der Waals surface area contributed by atoms with Crippen molar-refractivity contribution in [2.75, 3.05) is 6.54 Å². The van der Waals surface area contributed by atoms with E-state index in [1.807, 2.05) is 0 Å². The lowest BCUT2D eigenvalue weighted by molar-refractivity contribution is -0.118. The number of hydrogen-bond acceptors (Lipinski definition) is 2. The van der Waals surface area contributed by atoms with Gasteiger partial charge in [-0.2, -0.15) is 0 Å². The average Bonchev–Trinajstić information content (AvgIpc) is 1.66. The van der Waals surface area contributed by atoms with Crippen LogP contribution in [0.1, 0.15) is 6.42 Å². The van der Waals surface area contributed by atoms with Crippen molar-refractivity contribution in [3.63, 3.8) is 0 Å². The minimum absolute atomic E-state index is 0.152. The van der Waals surface area contributed by atoms with E-state index in [0.717, 1.165) is 0 Å². The van der Waals surface area contributed by atoms with Crippen molar-refractivity contribution in [1.29, 1.82) is 0 Å². The Morgan fingerprint density at radius 1 is 1.75 bits per heavy atom. The number of carbonyl (C=O) groups excluding carboxylic acids is 2. The Bertz CT molecular complexity index is 92.0. The molecule has 4 heteroatoms. The van der Waals surface area contributed by atoms with Crippen LogP contribution in [0.4, 0.5) is 0 Å². The van der Waals surface area contributed by atoms with Gasteiger partial charge in [-0.25, -0.2) is 0 Å². The van der Waals surface area contributed by atoms with Crippen molar-refractivity contribution < 1.29 is 9.59 Å². The Balaban J connectivity index is 2.93. The fourth-order valence-corrected chi connectivity index (χ4v) is 0.227. The molecule has 0 saturated carbocycles. The third-order valence-electron chi connectivity index (χ3n) is 0.562. The van der Waals surface area contributed by atoms with Crippen molar-refractivity contribution in [3.05, 3.63) is 0 Å². The molecule has 0 rings (SSSR count). The molecule has 0 aliphatic rings. The molecule has 1 radical (unpaired) electrons. The second-order valence-electron chi connectivity index (χ2n) is 1.23. The van der Waals surface area contributed by atoms with Gasteiger partial charge < -0.3 is 5.73 Å². The largest absolute Gasteiger partial charge is 0.370 e. The maximum Gasteiger partial charge on any atom is 0.228 e. The van der Waals surface area contributed by atoms with Crippen LogP contribution in [-0.4, -0.2) is 18.9 Å². The van der Waals surface area contributed by atoms with Crippen molar-refractivity contribution in [2.24, 2.45) is 5.73 Å². The topological polar surface area (TPSA) is 74.3 Å². The summed E-state index contributed by atoms with van der Waals surface area (Å²) >= 11 is 0. The van der Waals surface area contributed by atoms with Crippen LogP contribution in [0.15, 0.2) is 0 Å². The van der Waals surface area contributed by atoms with Gasteiger partial charge in [-0.1, -0.05) is 0 Å². The first-order chi connectivity index (χ1) is 3.77. The van der Waals surface area contributed by atoms with Crippen LogP contribution >= 0.6 is 0 Å². The molecule has 0 saturated heterocycles. The third-order valence-corrected chi connectivity index (χ3v) is 0.562. The molecular formula is C4H7N2O2. The molecule has 0 bridgehead atoms. The van der Waals surface area contributed by atoms with Gasteiger partial charge in [0.15, 0.2) is 0 Å². The Labute approximate surface area is 47.0 Å². The van der Waals surface area contributed by atoms with Gasteiger partial charge in [0.25, 0.3) is 0 Å². The lowest BCUT2D eigenvalue weighted by Gasteiger charge is -1.87. The molecule has 0 aromatic rings. The lowest BCUT2D eigenvalue weighted by Crippen LogP contribution is -2.16. The van der Waals surface area contributed by atoms with Gasteiger partial charge in [0, 0.05) is 6.42 Å². The van der Waals surface area contributed by atoms with Crippen LogP contribution in [0.25, 0.3) is 0 Å². The summed E-state index contributed by atoms with van der Waals surface area (Å²) in [6.07, 6.45) is 0.557. The highest BCUT2D eigenvalue weighted by Crippen LogP contribution is 1.69. The molecule has 45 valence electrons. The smallest absolute Gasteiger partial charge is 0.228 e. The normalized spacial score (nSPS) is 8.00. The van der Waals surface area contributed by atoms with E-state index < -0.39 is 5.91 Å². The molecule has 0 aromatic carbocycles. The SMILES string of the molecule is NC(=O)CC[N]C=O. The highest BCUT2D eigenvalue weighted by atomic mass is 16.1. The molecule has 2 amide bonds. The van der Waals surface area contributed by atoms with E-state index >= 15 is 0 Å². The maximum absolute atomic E-state index is 9.92. The fourth-order valence-electron chi connectivity index (χ4n) is 0.227. The number of nitrogens with two attached hydrogens (primary N) is 1. The van der Waals surface area contributed by atoms with E-state index in [2.05, 4.69) is 5.32 Å². The Morgan fingerprint density at radius 2 is 2.38 bits per heavy atom. The van der Waals surface area contributed by atoms with Crippen LogP contribution in [0.2, 0.25) is 0 Å². The van der Waals surface area contributed by atoms with Gasteiger partial charge in [0.05, 0.1) is 6.54 Å². The van der Waals surface area contributed by atoms with Gasteiger partial charge in [-0.05, 0) is 0 Å². The number of nitrogens with zero attached hydrogens (tertiary/aromatic N) is 1. The van der Waals surface area contributed by atoms with Gasteiger partial charge >= 0.3 is 0 Å². The number of primary amides is 1. The summed E-state index contributed by atoms with van der Waals surface area (Å²) in [6, 6.07) is 0. The van der Waals surface area contributed by atoms with E-state index in [1.54, 1.807) is 0 Å². The molecule has 2 N–H and O–H groups in total. The van der Waals surface area contributed by atoms with Gasteiger partial charge in [0.1, 0.15) is 0 Å². The number of rotatable bonds is 4. The van der Waals surface area contributed by atoms with E-state index in [4.69, 9.17) is 5.73 Å². The molecule has 0 heterocycles. The summed E-state index contributed by atoms with van der Waals surface area (Å²) in [4.78, 5) is 19.4. The van der Waals surface area contributed by atoms with Gasteiger partial charge in [0.2, 0.25) is 12.3 Å². The first-order valence-electron chi connectivity index (χ1n) is 2.16. The van der Waals surface area contributed by atoms with Crippen LogP contribution in [0, 0.1) is 0 Å². The predicted molar refractivity (Wildman–Crippen MR) is 26.9 cm³/mol. The van der Waals surface area contributed by atoms with E-state index in [1.165, 1.54) is 0 Å². The summed E-state index contributed by atoms with van der Waals surface area (Å²) in [5.74, 6) is -0.435. The van der Waals surface area contributed by atoms with Crippen LogP contribution in [0.5, 0.6) is 0 Å². The zero-order chi connectivity index (χ0) is 6.41. The molecule has 0 atom stereocenters. The van der Waals surface area contributed by atoms with E-state index in [0.29, 0.717) is 6.41 Å². The maximum atomic E-state index is 9.92. The van der Waals surface area contributed by atoms with Crippen molar-refractivity contribution in [3.8, 4) is 0 Å². The first-order valence-corrected chi connectivity index (χ1v) is 2.16. The molecular weight excluding hydrogens is 108 g/mol. The number of carbonyl (C=O) groups is 2. The third kappa shape index (κ3) is 4.94. The molecule has 0 unspecified atom stereocenters. The van der Waals surface area contributed by atoms with E-state index in [9.17, 15) is 9.59 Å². The molecule has 0 aliphatic carbocycles. The zero-order valence-electron chi connectivity index (χ0n) is 4.33. The predicted octanol–water partition coefficient (Wildman–Crippen LogP) is -1.38. The lowest BCUT2D eigenvalue weighted by atomic mass is 10.4. The van der Waals surface area contributed by atoms with E-state index in [-0.39, 0.29) is 13.0 Å². The first kappa shape index (κ1) is 6.94. The minimum atomic E-state index is -0.435. The highest BCUT2D eigenvalue weighted by Gasteiger charge is 1.90. The van der Waals surface area contributed by atoms with Gasteiger partial charge in [-0.3, -0.25) is 14.9 Å². The standard InChI is InChI=1S/C4H7N2O2/c5-4(8)1-2-6-3-7/h3H,1-2H2,(H2,5,8). The van der Waals surface area contributed by atoms with Crippen molar-refractivity contribution in [1.82, 2.24) is 5.32 Å². The number of hydrogen-bond donors (Lipinski definition) is 1. The Hall–Kier alpha value is -1.06. The van der Waals surface area contributed by atoms with Gasteiger partial charge in [-0.15, -0.1) is 0 Å². The summed E-state index contributed by atoms with van der Waals surface area (Å²) in [6.45, 7) is 0.207. The fraction of sp³-hybridized carbons (Fsp3) is 0.500. The molecule has 0 aliphatic heterocycles. The van der Waals surface area contributed by atoms with Crippen molar-refractivity contribution >= 4 is 12.3 Å². The zero-order valence-corrected chi connectivity index (χ0v) is 4.33. The number of amides is 2. The molecule has 4 nitrogen and oxygen atoms in total. The van der Waals surface area contributed by atoms with Crippen LogP contribution in [0.3, 0.4) is 0 Å². The second kappa shape index (κ2) is 4.11. The molecule has 0 spiro atoms. The molecule has 0 fully saturated rings. The highest BCUT2D eigenvalue weighted by molar-refractivity contribution is 5.74. The molecule has 8 heavy (non-hydrogen) atoms. The quantitative estimate of drug-likeness (QED) is 0.362. The summed E-state index contributed by atoms with van der Waals surface area (Å²) < 4.78 is 0. The summed E-state index contributed by atoms with van der Waals surface area (Å²) in [5, 5.41) is 3.23. The summed E-state index contributed by atoms with van der Waals surface area (Å²) in [7, 11) is 0. The monoisotopic (exact) mass is 115 g/mol. The second-order valence-corrected chi connectivity index (χ2v) is 1.23. The summed E-state index contributed by atoms with van der Waals surface area (Å²) in [5.41, 5.74) is 4.72. The van der Waals surface area contributed by atoms with Crippen LogP contribution in [-0.2, 0) is 9.59 Å². The Kier molecular flexibility index (Phi) is 3.56.